The number of anilines is 1. The number of nitrogens with zero attached hydrogens (tertiary/aromatic N) is 1. The van der Waals surface area contributed by atoms with Gasteiger partial charge in [0.1, 0.15) is 11.6 Å². The summed E-state index contributed by atoms with van der Waals surface area (Å²) >= 11 is 1.31. The van der Waals surface area contributed by atoms with Gasteiger partial charge in [-0.1, -0.05) is 54.6 Å². The fraction of sp³-hybridized carbons (Fsp3) is 0.120. The molecule has 1 heterocycles. The van der Waals surface area contributed by atoms with Crippen LogP contribution in [0.15, 0.2) is 83.8 Å². The number of ether oxygens (including phenoxy) is 1. The van der Waals surface area contributed by atoms with Gasteiger partial charge in [-0.2, -0.15) is 0 Å². The van der Waals surface area contributed by atoms with Gasteiger partial charge in [0.2, 0.25) is 0 Å². The van der Waals surface area contributed by atoms with Crippen molar-refractivity contribution in [1.82, 2.24) is 0 Å². The molecule has 2 amide bonds. The Morgan fingerprint density at radius 2 is 1.55 bits per heavy atom. The molecule has 0 N–H and O–H groups in total. The molecule has 1 aliphatic heterocycles. The smallest absolute Gasteiger partial charge is 0.272 e. The van der Waals surface area contributed by atoms with Crippen LogP contribution >= 0.6 is 11.8 Å². The number of rotatable bonds is 7. The van der Waals surface area contributed by atoms with Gasteiger partial charge in [-0.25, -0.2) is 9.29 Å². The first-order valence-electron chi connectivity index (χ1n) is 9.87. The minimum absolute atomic E-state index is 0.275. The highest BCUT2D eigenvalue weighted by molar-refractivity contribution is 8.03. The standard InChI is InChI=1S/C25H20FNO3S/c1-2-30-21-11-7-6-10-20(21)27-24(28)22(18-12-14-19(26)15-13-18)23(25(27)29)31-16-17-8-4-3-5-9-17/h3-15H,2,16H2,1H3. The first-order valence-corrected chi connectivity index (χ1v) is 10.9. The summed E-state index contributed by atoms with van der Waals surface area (Å²) in [7, 11) is 0. The van der Waals surface area contributed by atoms with Crippen molar-refractivity contribution in [1.29, 1.82) is 0 Å². The molecule has 3 aromatic carbocycles. The zero-order chi connectivity index (χ0) is 21.8. The second-order valence-electron chi connectivity index (χ2n) is 6.83. The Kier molecular flexibility index (Phi) is 6.18. The van der Waals surface area contributed by atoms with E-state index in [2.05, 4.69) is 0 Å². The zero-order valence-corrected chi connectivity index (χ0v) is 17.7. The first kappa shape index (κ1) is 20.9. The molecule has 1 aliphatic rings. The number of imide groups is 1. The molecule has 0 saturated carbocycles. The Morgan fingerprint density at radius 1 is 0.871 bits per heavy atom. The normalized spacial score (nSPS) is 13.8. The molecule has 0 aromatic heterocycles. The highest BCUT2D eigenvalue weighted by atomic mass is 32.2. The largest absolute Gasteiger partial charge is 0.492 e. The molecule has 6 heteroatoms. The van der Waals surface area contributed by atoms with Crippen molar-refractivity contribution in [3.63, 3.8) is 0 Å². The predicted molar refractivity (Wildman–Crippen MR) is 121 cm³/mol. The van der Waals surface area contributed by atoms with Crippen LogP contribution in [0.5, 0.6) is 5.75 Å². The lowest BCUT2D eigenvalue weighted by molar-refractivity contribution is -0.119. The number of amides is 2. The Hall–Kier alpha value is -3.38. The van der Waals surface area contributed by atoms with E-state index in [-0.39, 0.29) is 5.57 Å². The number of carbonyl (C=O) groups is 2. The molecule has 3 aromatic rings. The number of thioether (sulfide) groups is 1. The van der Waals surface area contributed by atoms with Gasteiger partial charge in [0.15, 0.2) is 0 Å². The summed E-state index contributed by atoms with van der Waals surface area (Å²) in [5, 5.41) is 0. The van der Waals surface area contributed by atoms with Crippen molar-refractivity contribution in [2.24, 2.45) is 0 Å². The molecule has 156 valence electrons. The third-order valence-electron chi connectivity index (χ3n) is 4.81. The maximum absolute atomic E-state index is 13.5. The van der Waals surface area contributed by atoms with E-state index in [1.54, 1.807) is 24.3 Å². The lowest BCUT2D eigenvalue weighted by Crippen LogP contribution is -2.31. The Labute approximate surface area is 184 Å². The lowest BCUT2D eigenvalue weighted by atomic mass is 10.1. The third kappa shape index (κ3) is 4.25. The van der Waals surface area contributed by atoms with Crippen LogP contribution in [0.2, 0.25) is 0 Å². The summed E-state index contributed by atoms with van der Waals surface area (Å²) in [5.74, 6) is -0.268. The van der Waals surface area contributed by atoms with E-state index in [0.717, 1.165) is 10.5 Å². The van der Waals surface area contributed by atoms with Crippen molar-refractivity contribution in [3.8, 4) is 5.75 Å². The summed E-state index contributed by atoms with van der Waals surface area (Å²) in [4.78, 5) is 28.4. The van der Waals surface area contributed by atoms with Gasteiger partial charge < -0.3 is 4.74 Å². The van der Waals surface area contributed by atoms with Crippen LogP contribution < -0.4 is 9.64 Å². The SMILES string of the molecule is CCOc1ccccc1N1C(=O)C(SCc2ccccc2)=C(c2ccc(F)cc2)C1=O. The number of para-hydroxylation sites is 2. The summed E-state index contributed by atoms with van der Waals surface area (Å²) < 4.78 is 19.1. The molecule has 0 fully saturated rings. The fourth-order valence-corrected chi connectivity index (χ4v) is 4.45. The Bertz CT molecular complexity index is 1140. The predicted octanol–water partition coefficient (Wildman–Crippen LogP) is 5.44. The highest BCUT2D eigenvalue weighted by Crippen LogP contribution is 2.42. The van der Waals surface area contributed by atoms with Crippen molar-refractivity contribution in [2.75, 3.05) is 11.5 Å². The number of benzene rings is 3. The second kappa shape index (κ2) is 9.18. The zero-order valence-electron chi connectivity index (χ0n) is 16.9. The summed E-state index contributed by atoms with van der Waals surface area (Å²) in [6.45, 7) is 2.24. The van der Waals surface area contributed by atoms with Gasteiger partial charge in [-0.3, -0.25) is 9.59 Å². The quantitative estimate of drug-likeness (QED) is 0.466. The van der Waals surface area contributed by atoms with Crippen molar-refractivity contribution in [2.45, 2.75) is 12.7 Å². The van der Waals surface area contributed by atoms with Crippen molar-refractivity contribution < 1.29 is 18.7 Å². The molecule has 0 bridgehead atoms. The van der Waals surface area contributed by atoms with E-state index >= 15 is 0 Å². The van der Waals surface area contributed by atoms with E-state index in [9.17, 15) is 14.0 Å². The van der Waals surface area contributed by atoms with Gasteiger partial charge in [0.05, 0.1) is 22.8 Å². The highest BCUT2D eigenvalue weighted by Gasteiger charge is 2.41. The molecule has 0 saturated heterocycles. The topological polar surface area (TPSA) is 46.6 Å². The molecule has 4 nitrogen and oxygen atoms in total. The molecular weight excluding hydrogens is 413 g/mol. The molecule has 31 heavy (non-hydrogen) atoms. The van der Waals surface area contributed by atoms with E-state index in [1.807, 2.05) is 37.3 Å². The minimum Gasteiger partial charge on any atom is -0.492 e. The first-order chi connectivity index (χ1) is 15.1. The van der Waals surface area contributed by atoms with Crippen LogP contribution in [0.3, 0.4) is 0 Å². The monoisotopic (exact) mass is 433 g/mol. The Balaban J connectivity index is 1.76. The molecular formula is C25H20FNO3S. The third-order valence-corrected chi connectivity index (χ3v) is 5.95. The van der Waals surface area contributed by atoms with Gasteiger partial charge >= 0.3 is 0 Å². The summed E-state index contributed by atoms with van der Waals surface area (Å²) in [6.07, 6.45) is 0. The van der Waals surface area contributed by atoms with Gasteiger partial charge in [-0.15, -0.1) is 11.8 Å². The second-order valence-corrected chi connectivity index (χ2v) is 7.82. The fourth-order valence-electron chi connectivity index (χ4n) is 3.38. The summed E-state index contributed by atoms with van der Waals surface area (Å²) in [5.41, 5.74) is 2.21. The van der Waals surface area contributed by atoms with Crippen LogP contribution in [0, 0.1) is 5.82 Å². The molecule has 0 atom stereocenters. The van der Waals surface area contributed by atoms with Gasteiger partial charge in [0.25, 0.3) is 11.8 Å². The van der Waals surface area contributed by atoms with Crippen LogP contribution in [0.1, 0.15) is 18.1 Å². The van der Waals surface area contributed by atoms with Crippen LogP contribution in [0.4, 0.5) is 10.1 Å². The van der Waals surface area contributed by atoms with E-state index in [4.69, 9.17) is 4.74 Å². The van der Waals surface area contributed by atoms with E-state index in [0.29, 0.717) is 34.3 Å². The molecule has 0 radical (unpaired) electrons. The maximum atomic E-state index is 13.5. The Morgan fingerprint density at radius 3 is 2.26 bits per heavy atom. The van der Waals surface area contributed by atoms with Gasteiger partial charge in [-0.05, 0) is 42.3 Å². The van der Waals surface area contributed by atoms with Crippen LogP contribution in [0.25, 0.3) is 5.57 Å². The average molecular weight is 434 g/mol. The number of halogens is 1. The molecule has 0 spiro atoms. The van der Waals surface area contributed by atoms with Crippen LogP contribution in [-0.4, -0.2) is 18.4 Å². The molecule has 0 aliphatic carbocycles. The lowest BCUT2D eigenvalue weighted by Gasteiger charge is -2.18. The minimum atomic E-state index is -0.445. The van der Waals surface area contributed by atoms with Crippen molar-refractivity contribution in [3.05, 3.63) is 101 Å². The van der Waals surface area contributed by atoms with Crippen LogP contribution in [-0.2, 0) is 15.3 Å². The van der Waals surface area contributed by atoms with E-state index < -0.39 is 17.6 Å². The number of hydrogen-bond acceptors (Lipinski definition) is 4. The summed E-state index contributed by atoms with van der Waals surface area (Å²) in [6, 6.07) is 22.3. The molecule has 4 rings (SSSR count). The number of hydrogen-bond donors (Lipinski definition) is 0. The van der Waals surface area contributed by atoms with Crippen molar-refractivity contribution >= 4 is 34.8 Å². The van der Waals surface area contributed by atoms with E-state index in [1.165, 1.54) is 36.0 Å². The maximum Gasteiger partial charge on any atom is 0.272 e. The number of carbonyl (C=O) groups excluding carboxylic acids is 2. The molecule has 0 unspecified atom stereocenters. The van der Waals surface area contributed by atoms with Gasteiger partial charge in [0, 0.05) is 5.75 Å². The average Bonchev–Trinajstić information content (AvgIpc) is 3.03.